The van der Waals surface area contributed by atoms with Gasteiger partial charge in [0.15, 0.2) is 0 Å². The minimum atomic E-state index is -3.58. The highest BCUT2D eigenvalue weighted by Gasteiger charge is 2.34. The molecular weight excluding hydrogens is 412 g/mol. The van der Waals surface area contributed by atoms with Gasteiger partial charge in [-0.1, -0.05) is 36.4 Å². The summed E-state index contributed by atoms with van der Waals surface area (Å²) in [6, 6.07) is 18.5. The largest absolute Gasteiger partial charge is 0.491 e. The molecule has 0 unspecified atom stereocenters. The first-order chi connectivity index (χ1) is 14.9. The lowest BCUT2D eigenvalue weighted by Gasteiger charge is -2.18. The fourth-order valence-electron chi connectivity index (χ4n) is 3.87. The molecule has 1 amide bonds. The van der Waals surface area contributed by atoms with Gasteiger partial charge in [-0.3, -0.25) is 9.10 Å². The number of carbonyl (C=O) groups excluding carboxylic acids is 1. The first kappa shape index (κ1) is 21.2. The number of benzene rings is 3. The maximum Gasteiger partial charge on any atom is 0.265 e. The molecule has 3 aromatic carbocycles. The summed E-state index contributed by atoms with van der Waals surface area (Å²) in [6.07, 6.45) is 0.774. The standard InChI is InChI=1S/C24H26N2O4S/c1-17(2)30-20-10-3-7-18(15-20)16-25-23(27)13-6-14-26-21-11-4-8-19-9-5-12-22(24(19)21)31(26,28)29/h3-5,7-12,15,17H,6,13-14,16H2,1-2H3,(H,25,27). The smallest absolute Gasteiger partial charge is 0.265 e. The molecule has 0 aromatic heterocycles. The maximum atomic E-state index is 13.0. The molecule has 4 rings (SSSR count). The number of ether oxygens (including phenoxy) is 1. The van der Waals surface area contributed by atoms with E-state index in [-0.39, 0.29) is 25.0 Å². The summed E-state index contributed by atoms with van der Waals surface area (Å²) in [7, 11) is -3.58. The molecule has 1 aliphatic rings. The second kappa shape index (κ2) is 8.59. The molecule has 0 saturated heterocycles. The van der Waals surface area contributed by atoms with Gasteiger partial charge in [0.05, 0.1) is 16.7 Å². The van der Waals surface area contributed by atoms with Crippen molar-refractivity contribution >= 4 is 32.4 Å². The highest BCUT2D eigenvalue weighted by atomic mass is 32.2. The van der Waals surface area contributed by atoms with E-state index >= 15 is 0 Å². The van der Waals surface area contributed by atoms with Gasteiger partial charge in [0.25, 0.3) is 10.0 Å². The molecule has 0 radical (unpaired) electrons. The van der Waals surface area contributed by atoms with Crippen LogP contribution in [0.2, 0.25) is 0 Å². The van der Waals surface area contributed by atoms with E-state index in [0.717, 1.165) is 22.1 Å². The normalized spacial score (nSPS) is 14.2. The molecule has 31 heavy (non-hydrogen) atoms. The number of carbonyl (C=O) groups is 1. The Morgan fingerprint density at radius 1 is 1.06 bits per heavy atom. The number of sulfonamides is 1. The predicted octanol–water partition coefficient (Wildman–Crippen LogP) is 4.23. The van der Waals surface area contributed by atoms with Crippen molar-refractivity contribution in [1.82, 2.24) is 5.32 Å². The molecule has 0 spiro atoms. The molecule has 162 valence electrons. The quantitative estimate of drug-likeness (QED) is 0.571. The van der Waals surface area contributed by atoms with E-state index in [0.29, 0.717) is 23.5 Å². The number of rotatable bonds is 8. The van der Waals surface area contributed by atoms with Crippen molar-refractivity contribution in [3.63, 3.8) is 0 Å². The van der Waals surface area contributed by atoms with E-state index in [2.05, 4.69) is 5.32 Å². The van der Waals surface area contributed by atoms with Crippen molar-refractivity contribution in [1.29, 1.82) is 0 Å². The lowest BCUT2D eigenvalue weighted by atomic mass is 10.1. The van der Waals surface area contributed by atoms with Crippen LogP contribution in [0.4, 0.5) is 5.69 Å². The summed E-state index contributed by atoms with van der Waals surface area (Å²) in [5, 5.41) is 4.57. The molecule has 0 aliphatic carbocycles. The van der Waals surface area contributed by atoms with Gasteiger partial charge in [-0.05, 0) is 55.5 Å². The lowest BCUT2D eigenvalue weighted by molar-refractivity contribution is -0.121. The molecule has 0 saturated carbocycles. The van der Waals surface area contributed by atoms with Crippen LogP contribution < -0.4 is 14.4 Å². The Bertz CT molecular complexity index is 1220. The number of anilines is 1. The van der Waals surface area contributed by atoms with E-state index < -0.39 is 10.0 Å². The Balaban J connectivity index is 1.34. The topological polar surface area (TPSA) is 75.7 Å². The van der Waals surface area contributed by atoms with Crippen LogP contribution in [0.1, 0.15) is 32.3 Å². The number of amides is 1. The highest BCUT2D eigenvalue weighted by Crippen LogP contribution is 2.41. The maximum absolute atomic E-state index is 13.0. The third-order valence-corrected chi connectivity index (χ3v) is 7.06. The first-order valence-electron chi connectivity index (χ1n) is 10.4. The fourth-order valence-corrected chi connectivity index (χ4v) is 5.62. The van der Waals surface area contributed by atoms with Gasteiger partial charge >= 0.3 is 0 Å². The molecule has 0 bridgehead atoms. The van der Waals surface area contributed by atoms with Gasteiger partial charge < -0.3 is 10.1 Å². The van der Waals surface area contributed by atoms with Crippen LogP contribution in [0.25, 0.3) is 10.8 Å². The van der Waals surface area contributed by atoms with E-state index in [4.69, 9.17) is 4.74 Å². The molecule has 7 heteroatoms. The van der Waals surface area contributed by atoms with Gasteiger partial charge in [0.2, 0.25) is 5.91 Å². The third kappa shape index (κ3) is 4.37. The highest BCUT2D eigenvalue weighted by molar-refractivity contribution is 7.93. The second-order valence-corrected chi connectivity index (χ2v) is 9.73. The van der Waals surface area contributed by atoms with E-state index in [1.165, 1.54) is 4.31 Å². The van der Waals surface area contributed by atoms with Crippen LogP contribution >= 0.6 is 0 Å². The van der Waals surface area contributed by atoms with Crippen molar-refractivity contribution in [3.8, 4) is 5.75 Å². The van der Waals surface area contributed by atoms with Crippen LogP contribution in [0.3, 0.4) is 0 Å². The minimum absolute atomic E-state index is 0.0868. The number of nitrogens with one attached hydrogen (secondary N) is 1. The molecule has 3 aromatic rings. The molecule has 1 heterocycles. The van der Waals surface area contributed by atoms with E-state index in [1.54, 1.807) is 12.1 Å². The van der Waals surface area contributed by atoms with Crippen LogP contribution in [-0.4, -0.2) is 27.0 Å². The molecular formula is C24H26N2O4S. The molecule has 1 aliphatic heterocycles. The Labute approximate surface area is 182 Å². The van der Waals surface area contributed by atoms with Crippen molar-refractivity contribution in [2.24, 2.45) is 0 Å². The van der Waals surface area contributed by atoms with E-state index in [9.17, 15) is 13.2 Å². The van der Waals surface area contributed by atoms with Crippen LogP contribution in [-0.2, 0) is 21.4 Å². The Morgan fingerprint density at radius 3 is 2.58 bits per heavy atom. The molecule has 6 nitrogen and oxygen atoms in total. The summed E-state index contributed by atoms with van der Waals surface area (Å²) in [5.74, 6) is 0.664. The average molecular weight is 439 g/mol. The van der Waals surface area contributed by atoms with Crippen molar-refractivity contribution in [2.45, 2.75) is 44.2 Å². The molecule has 0 fully saturated rings. The van der Waals surface area contributed by atoms with Crippen LogP contribution in [0.5, 0.6) is 5.75 Å². The van der Waals surface area contributed by atoms with Gasteiger partial charge in [0.1, 0.15) is 5.75 Å². The number of nitrogens with zero attached hydrogens (tertiary/aromatic N) is 1. The summed E-state index contributed by atoms with van der Waals surface area (Å²) in [6.45, 7) is 4.60. The third-order valence-electron chi connectivity index (χ3n) is 5.21. The zero-order valence-corrected chi connectivity index (χ0v) is 18.5. The van der Waals surface area contributed by atoms with Gasteiger partial charge in [-0.15, -0.1) is 0 Å². The predicted molar refractivity (Wildman–Crippen MR) is 122 cm³/mol. The Hall–Kier alpha value is -3.06. The Kier molecular flexibility index (Phi) is 5.87. The lowest BCUT2D eigenvalue weighted by Crippen LogP contribution is -2.30. The monoisotopic (exact) mass is 438 g/mol. The van der Waals surface area contributed by atoms with Crippen molar-refractivity contribution in [2.75, 3.05) is 10.8 Å². The van der Waals surface area contributed by atoms with Crippen molar-refractivity contribution in [3.05, 3.63) is 66.2 Å². The fraction of sp³-hybridized carbons (Fsp3) is 0.292. The first-order valence-corrected chi connectivity index (χ1v) is 11.9. The zero-order valence-electron chi connectivity index (χ0n) is 17.7. The molecule has 0 atom stereocenters. The summed E-state index contributed by atoms with van der Waals surface area (Å²) in [4.78, 5) is 12.7. The molecule has 1 N–H and O–H groups in total. The van der Waals surface area contributed by atoms with Crippen LogP contribution in [0, 0.1) is 0 Å². The zero-order chi connectivity index (χ0) is 22.0. The minimum Gasteiger partial charge on any atom is -0.491 e. The number of hydrogen-bond donors (Lipinski definition) is 1. The summed E-state index contributed by atoms with van der Waals surface area (Å²) < 4.78 is 33.0. The van der Waals surface area contributed by atoms with Crippen LogP contribution in [0.15, 0.2) is 65.6 Å². The summed E-state index contributed by atoms with van der Waals surface area (Å²) >= 11 is 0. The van der Waals surface area contributed by atoms with Gasteiger partial charge in [-0.2, -0.15) is 0 Å². The van der Waals surface area contributed by atoms with E-state index in [1.807, 2.05) is 62.4 Å². The number of hydrogen-bond acceptors (Lipinski definition) is 4. The summed E-state index contributed by atoms with van der Waals surface area (Å²) in [5.41, 5.74) is 1.64. The van der Waals surface area contributed by atoms with Gasteiger partial charge in [-0.25, -0.2) is 8.42 Å². The average Bonchev–Trinajstić information content (AvgIpc) is 2.95. The van der Waals surface area contributed by atoms with Gasteiger partial charge in [0, 0.05) is 24.9 Å². The van der Waals surface area contributed by atoms with Crippen molar-refractivity contribution < 1.29 is 17.9 Å². The Morgan fingerprint density at radius 2 is 1.81 bits per heavy atom. The SMILES string of the molecule is CC(C)Oc1cccc(CNC(=O)CCCN2c3cccc4cccc(c34)S2(=O)=O)c1. The second-order valence-electron chi connectivity index (χ2n) is 7.90.